The van der Waals surface area contributed by atoms with Gasteiger partial charge in [-0.25, -0.2) is 4.79 Å². The number of fused-ring (bicyclic) bond motifs is 2. The fourth-order valence-electron chi connectivity index (χ4n) is 2.61. The lowest BCUT2D eigenvalue weighted by Crippen LogP contribution is -2.56. The molecule has 3 atom stereocenters. The van der Waals surface area contributed by atoms with E-state index in [0.717, 1.165) is 6.42 Å². The number of carboxylic acids is 1. The molecule has 2 unspecified atom stereocenters. The summed E-state index contributed by atoms with van der Waals surface area (Å²) in [5.74, 6) is -0.894. The Morgan fingerprint density at radius 2 is 2.21 bits per heavy atom. The lowest BCUT2D eigenvalue weighted by atomic mass is 9.84. The van der Waals surface area contributed by atoms with Crippen LogP contribution in [0.25, 0.3) is 0 Å². The summed E-state index contributed by atoms with van der Waals surface area (Å²) in [6.45, 7) is 1.36. The Labute approximate surface area is 82.0 Å². The van der Waals surface area contributed by atoms with Crippen LogP contribution in [0.2, 0.25) is 0 Å². The van der Waals surface area contributed by atoms with E-state index in [4.69, 9.17) is 0 Å². The Hall–Kier alpha value is -1.32. The molecule has 0 saturated heterocycles. The van der Waals surface area contributed by atoms with Crippen molar-refractivity contribution in [3.8, 4) is 0 Å². The van der Waals surface area contributed by atoms with Gasteiger partial charge in [-0.2, -0.15) is 0 Å². The lowest BCUT2D eigenvalue weighted by molar-refractivity contribution is -0.148. The van der Waals surface area contributed by atoms with Gasteiger partial charge >= 0.3 is 5.97 Å². The molecule has 2 aliphatic carbocycles. The van der Waals surface area contributed by atoms with E-state index in [-0.39, 0.29) is 11.8 Å². The highest BCUT2D eigenvalue weighted by atomic mass is 16.4. The number of carbonyl (C=O) groups excluding carboxylic acids is 1. The predicted octanol–water partition coefficient (Wildman–Crippen LogP) is 0.542. The van der Waals surface area contributed by atoms with Crippen molar-refractivity contribution in [1.29, 1.82) is 0 Å². The molecule has 2 aliphatic rings. The quantitative estimate of drug-likeness (QED) is 0.632. The van der Waals surface area contributed by atoms with Crippen LogP contribution in [0.4, 0.5) is 0 Å². The average Bonchev–Trinajstić information content (AvgIpc) is 2.61. The summed E-state index contributed by atoms with van der Waals surface area (Å²) < 4.78 is 0. The van der Waals surface area contributed by atoms with E-state index < -0.39 is 11.5 Å². The molecule has 76 valence electrons. The first-order chi connectivity index (χ1) is 6.54. The van der Waals surface area contributed by atoms with Gasteiger partial charge in [0.1, 0.15) is 5.54 Å². The van der Waals surface area contributed by atoms with Crippen LogP contribution in [0.15, 0.2) is 12.2 Å². The van der Waals surface area contributed by atoms with Gasteiger partial charge < -0.3 is 10.4 Å². The summed E-state index contributed by atoms with van der Waals surface area (Å²) in [6, 6.07) is 0. The van der Waals surface area contributed by atoms with E-state index in [9.17, 15) is 14.7 Å². The SMILES string of the molecule is CC(=O)NC1(C(=O)O)CC2C=C[C@@H]1C2. The summed E-state index contributed by atoms with van der Waals surface area (Å²) in [6.07, 6.45) is 5.35. The average molecular weight is 195 g/mol. The molecule has 1 fully saturated rings. The van der Waals surface area contributed by atoms with Crippen LogP contribution in [0.3, 0.4) is 0 Å². The van der Waals surface area contributed by atoms with E-state index in [1.54, 1.807) is 0 Å². The summed E-state index contributed by atoms with van der Waals surface area (Å²) in [7, 11) is 0. The van der Waals surface area contributed by atoms with Crippen molar-refractivity contribution in [3.63, 3.8) is 0 Å². The van der Waals surface area contributed by atoms with Gasteiger partial charge in [0.25, 0.3) is 0 Å². The molecule has 1 saturated carbocycles. The molecule has 2 N–H and O–H groups in total. The van der Waals surface area contributed by atoms with E-state index in [1.807, 2.05) is 12.2 Å². The molecular formula is C10H13NO3. The molecule has 0 heterocycles. The highest BCUT2D eigenvalue weighted by Gasteiger charge is 2.54. The Kier molecular flexibility index (Phi) is 1.87. The van der Waals surface area contributed by atoms with Crippen LogP contribution in [-0.2, 0) is 9.59 Å². The molecule has 2 bridgehead atoms. The maximum atomic E-state index is 11.2. The van der Waals surface area contributed by atoms with Crippen molar-refractivity contribution in [1.82, 2.24) is 5.32 Å². The minimum Gasteiger partial charge on any atom is -0.479 e. The Balaban J connectivity index is 2.29. The Morgan fingerprint density at radius 1 is 1.50 bits per heavy atom. The number of amides is 1. The van der Waals surface area contributed by atoms with Gasteiger partial charge in [0.2, 0.25) is 5.91 Å². The van der Waals surface area contributed by atoms with Gasteiger partial charge in [-0.3, -0.25) is 4.79 Å². The number of carboxylic acid groups (broad SMARTS) is 1. The zero-order valence-corrected chi connectivity index (χ0v) is 7.99. The third-order valence-electron chi connectivity index (χ3n) is 3.17. The van der Waals surface area contributed by atoms with E-state index in [1.165, 1.54) is 6.92 Å². The van der Waals surface area contributed by atoms with Gasteiger partial charge in [0, 0.05) is 12.8 Å². The van der Waals surface area contributed by atoms with Crippen LogP contribution in [0.1, 0.15) is 19.8 Å². The number of rotatable bonds is 2. The van der Waals surface area contributed by atoms with Crippen molar-refractivity contribution in [2.24, 2.45) is 11.8 Å². The summed E-state index contributed by atoms with van der Waals surface area (Å²) >= 11 is 0. The maximum Gasteiger partial charge on any atom is 0.330 e. The number of carbonyl (C=O) groups is 2. The second-order valence-corrected chi connectivity index (χ2v) is 4.15. The largest absolute Gasteiger partial charge is 0.479 e. The van der Waals surface area contributed by atoms with Crippen LogP contribution < -0.4 is 5.32 Å². The second-order valence-electron chi connectivity index (χ2n) is 4.15. The molecule has 0 spiro atoms. The normalized spacial score (nSPS) is 38.6. The molecule has 0 radical (unpaired) electrons. The Bertz CT molecular complexity index is 323. The van der Waals surface area contributed by atoms with Gasteiger partial charge in [0.15, 0.2) is 0 Å². The molecule has 0 aromatic carbocycles. The maximum absolute atomic E-state index is 11.2. The molecule has 4 heteroatoms. The molecule has 4 nitrogen and oxygen atoms in total. The fraction of sp³-hybridized carbons (Fsp3) is 0.600. The summed E-state index contributed by atoms with van der Waals surface area (Å²) in [4.78, 5) is 22.2. The highest BCUT2D eigenvalue weighted by molar-refractivity contribution is 5.87. The van der Waals surface area contributed by atoms with E-state index in [0.29, 0.717) is 12.3 Å². The number of aliphatic carboxylic acids is 1. The molecule has 2 rings (SSSR count). The molecule has 14 heavy (non-hydrogen) atoms. The molecule has 0 aromatic heterocycles. The topological polar surface area (TPSA) is 66.4 Å². The van der Waals surface area contributed by atoms with Crippen LogP contribution in [0.5, 0.6) is 0 Å². The van der Waals surface area contributed by atoms with E-state index in [2.05, 4.69) is 5.32 Å². The zero-order valence-electron chi connectivity index (χ0n) is 7.99. The first-order valence-electron chi connectivity index (χ1n) is 4.75. The first-order valence-corrected chi connectivity index (χ1v) is 4.75. The molecule has 1 amide bonds. The van der Waals surface area contributed by atoms with Crippen LogP contribution in [0, 0.1) is 11.8 Å². The monoisotopic (exact) mass is 195 g/mol. The van der Waals surface area contributed by atoms with Gasteiger partial charge in [-0.15, -0.1) is 0 Å². The standard InChI is InChI=1S/C10H13NO3/c1-6(12)11-10(9(13)14)5-7-2-3-8(10)4-7/h2-3,7-8H,4-5H2,1H3,(H,11,12)(H,13,14)/t7?,8-,10?/m1/s1. The van der Waals surface area contributed by atoms with Crippen LogP contribution >= 0.6 is 0 Å². The van der Waals surface area contributed by atoms with Crippen molar-refractivity contribution >= 4 is 11.9 Å². The van der Waals surface area contributed by atoms with Gasteiger partial charge in [0.05, 0.1) is 0 Å². The minimum absolute atomic E-state index is 0.0334. The first kappa shape index (κ1) is 9.24. The molecule has 0 aliphatic heterocycles. The number of hydrogen-bond acceptors (Lipinski definition) is 2. The Morgan fingerprint density at radius 3 is 2.57 bits per heavy atom. The lowest BCUT2D eigenvalue weighted by Gasteiger charge is -2.31. The third-order valence-corrected chi connectivity index (χ3v) is 3.17. The van der Waals surface area contributed by atoms with Crippen molar-refractivity contribution in [2.45, 2.75) is 25.3 Å². The summed E-state index contributed by atoms with van der Waals surface area (Å²) in [5.41, 5.74) is -1.04. The van der Waals surface area contributed by atoms with E-state index >= 15 is 0 Å². The molecule has 0 aromatic rings. The summed E-state index contributed by atoms with van der Waals surface area (Å²) in [5, 5.41) is 11.8. The smallest absolute Gasteiger partial charge is 0.330 e. The third kappa shape index (κ3) is 1.14. The number of hydrogen-bond donors (Lipinski definition) is 2. The fourth-order valence-corrected chi connectivity index (χ4v) is 2.61. The van der Waals surface area contributed by atoms with Crippen molar-refractivity contribution in [2.75, 3.05) is 0 Å². The van der Waals surface area contributed by atoms with Gasteiger partial charge in [-0.05, 0) is 18.8 Å². The predicted molar refractivity (Wildman–Crippen MR) is 49.5 cm³/mol. The highest BCUT2D eigenvalue weighted by Crippen LogP contribution is 2.46. The minimum atomic E-state index is -1.04. The van der Waals surface area contributed by atoms with Crippen molar-refractivity contribution < 1.29 is 14.7 Å². The number of nitrogens with one attached hydrogen (secondary N) is 1. The second kappa shape index (κ2) is 2.83. The van der Waals surface area contributed by atoms with Gasteiger partial charge in [-0.1, -0.05) is 12.2 Å². The molecular weight excluding hydrogens is 182 g/mol. The number of allylic oxidation sites excluding steroid dienone is 1. The van der Waals surface area contributed by atoms with Crippen molar-refractivity contribution in [3.05, 3.63) is 12.2 Å². The zero-order chi connectivity index (χ0) is 10.3. The van der Waals surface area contributed by atoms with Crippen LogP contribution in [-0.4, -0.2) is 22.5 Å².